The lowest BCUT2D eigenvalue weighted by Crippen LogP contribution is -2.20. The van der Waals surface area contributed by atoms with Gasteiger partial charge in [-0.3, -0.25) is 15.0 Å². The number of rotatable bonds is 1. The number of nitrogens with zero attached hydrogens (tertiary/aromatic N) is 2. The Balaban J connectivity index is 2.70. The number of fused-ring (bicyclic) bond motifs is 1. The molecule has 0 spiro atoms. The SMILES string of the molecule is O=C(NO)c1ncc2cccnc2c1O. The van der Waals surface area contributed by atoms with E-state index in [-0.39, 0.29) is 17.0 Å². The van der Waals surface area contributed by atoms with Gasteiger partial charge in [-0.15, -0.1) is 0 Å². The van der Waals surface area contributed by atoms with Gasteiger partial charge < -0.3 is 5.11 Å². The van der Waals surface area contributed by atoms with Gasteiger partial charge in [0.15, 0.2) is 11.4 Å². The van der Waals surface area contributed by atoms with Crippen molar-refractivity contribution >= 4 is 16.8 Å². The van der Waals surface area contributed by atoms with Gasteiger partial charge in [-0.1, -0.05) is 0 Å². The number of pyridine rings is 2. The van der Waals surface area contributed by atoms with Gasteiger partial charge in [-0.05, 0) is 12.1 Å². The molecule has 2 aromatic heterocycles. The van der Waals surface area contributed by atoms with Crippen LogP contribution < -0.4 is 5.48 Å². The van der Waals surface area contributed by atoms with Gasteiger partial charge in [-0.25, -0.2) is 10.5 Å². The van der Waals surface area contributed by atoms with Crippen molar-refractivity contribution in [3.8, 4) is 5.75 Å². The summed E-state index contributed by atoms with van der Waals surface area (Å²) in [4.78, 5) is 18.7. The molecule has 1 amide bonds. The number of nitrogens with one attached hydrogen (secondary N) is 1. The maximum Gasteiger partial charge on any atom is 0.297 e. The zero-order chi connectivity index (χ0) is 10.8. The topological polar surface area (TPSA) is 95.3 Å². The average molecular weight is 205 g/mol. The molecule has 15 heavy (non-hydrogen) atoms. The highest BCUT2D eigenvalue weighted by atomic mass is 16.5. The lowest BCUT2D eigenvalue weighted by molar-refractivity contribution is 0.0698. The predicted octanol–water partition coefficient (Wildman–Crippen LogP) is 0.454. The van der Waals surface area contributed by atoms with Crippen molar-refractivity contribution in [1.82, 2.24) is 15.4 Å². The van der Waals surface area contributed by atoms with Crippen molar-refractivity contribution in [2.24, 2.45) is 0 Å². The minimum atomic E-state index is -0.875. The van der Waals surface area contributed by atoms with E-state index in [1.165, 1.54) is 17.9 Å². The second-order valence-electron chi connectivity index (χ2n) is 2.84. The third-order valence-corrected chi connectivity index (χ3v) is 1.94. The van der Waals surface area contributed by atoms with Crippen molar-refractivity contribution in [2.75, 3.05) is 0 Å². The fourth-order valence-electron chi connectivity index (χ4n) is 1.25. The molecule has 0 aliphatic rings. The summed E-state index contributed by atoms with van der Waals surface area (Å²) in [7, 11) is 0. The molecule has 0 radical (unpaired) electrons. The van der Waals surface area contributed by atoms with Crippen LogP contribution >= 0.6 is 0 Å². The molecule has 0 aromatic carbocycles. The second-order valence-corrected chi connectivity index (χ2v) is 2.84. The molecule has 6 heteroatoms. The predicted molar refractivity (Wildman–Crippen MR) is 50.5 cm³/mol. The Morgan fingerprint density at radius 3 is 2.93 bits per heavy atom. The summed E-state index contributed by atoms with van der Waals surface area (Å²) < 4.78 is 0. The zero-order valence-corrected chi connectivity index (χ0v) is 7.51. The standard InChI is InChI=1S/C9H7N3O3/c13-8-6-5(2-1-3-10-6)4-11-7(8)9(14)12-15/h1-4,13,15H,(H,12,14). The summed E-state index contributed by atoms with van der Waals surface area (Å²) in [6.07, 6.45) is 2.88. The molecule has 0 fully saturated rings. The number of carbonyl (C=O) groups is 1. The number of carbonyl (C=O) groups excluding carboxylic acids is 1. The summed E-state index contributed by atoms with van der Waals surface area (Å²) in [5.74, 6) is -1.22. The molecule has 0 aliphatic heterocycles. The van der Waals surface area contributed by atoms with Gasteiger partial charge in [0.05, 0.1) is 0 Å². The van der Waals surface area contributed by atoms with Gasteiger partial charge in [0.1, 0.15) is 5.52 Å². The van der Waals surface area contributed by atoms with Crippen molar-refractivity contribution in [3.05, 3.63) is 30.2 Å². The Labute approximate surface area is 84.2 Å². The highest BCUT2D eigenvalue weighted by molar-refractivity contribution is 5.99. The number of hydroxylamine groups is 1. The van der Waals surface area contributed by atoms with E-state index in [9.17, 15) is 9.90 Å². The summed E-state index contributed by atoms with van der Waals surface area (Å²) in [6, 6.07) is 3.39. The molecular formula is C9H7N3O3. The number of amides is 1. The summed E-state index contributed by atoms with van der Waals surface area (Å²) >= 11 is 0. The highest BCUT2D eigenvalue weighted by Crippen LogP contribution is 2.24. The fraction of sp³-hybridized carbons (Fsp3) is 0. The quantitative estimate of drug-likeness (QED) is 0.464. The molecule has 2 heterocycles. The molecule has 3 N–H and O–H groups in total. The van der Waals surface area contributed by atoms with Crippen LogP contribution in [0, 0.1) is 0 Å². The van der Waals surface area contributed by atoms with E-state index in [0.717, 1.165) is 0 Å². The maximum atomic E-state index is 11.1. The van der Waals surface area contributed by atoms with Crippen LogP contribution in [0.1, 0.15) is 10.5 Å². The zero-order valence-electron chi connectivity index (χ0n) is 7.51. The van der Waals surface area contributed by atoms with Crippen LogP contribution in [0.3, 0.4) is 0 Å². The molecule has 0 bridgehead atoms. The van der Waals surface area contributed by atoms with Crippen LogP contribution in [-0.2, 0) is 0 Å². The van der Waals surface area contributed by atoms with Gasteiger partial charge in [0, 0.05) is 17.8 Å². The van der Waals surface area contributed by atoms with E-state index in [1.807, 2.05) is 0 Å². The van der Waals surface area contributed by atoms with Crippen molar-refractivity contribution in [1.29, 1.82) is 0 Å². The number of aromatic nitrogens is 2. The Hall–Kier alpha value is -2.21. The average Bonchev–Trinajstić information content (AvgIpc) is 2.29. The molecule has 2 aromatic rings. The van der Waals surface area contributed by atoms with Gasteiger partial charge in [-0.2, -0.15) is 0 Å². The molecule has 0 saturated carbocycles. The van der Waals surface area contributed by atoms with E-state index < -0.39 is 5.91 Å². The van der Waals surface area contributed by atoms with E-state index in [2.05, 4.69) is 9.97 Å². The monoisotopic (exact) mass is 205 g/mol. The van der Waals surface area contributed by atoms with E-state index in [0.29, 0.717) is 5.39 Å². The van der Waals surface area contributed by atoms with Gasteiger partial charge >= 0.3 is 0 Å². The summed E-state index contributed by atoms with van der Waals surface area (Å²) in [6.45, 7) is 0. The molecule has 0 unspecified atom stereocenters. The first-order valence-electron chi connectivity index (χ1n) is 4.11. The van der Waals surface area contributed by atoms with E-state index in [1.54, 1.807) is 12.1 Å². The third-order valence-electron chi connectivity index (χ3n) is 1.94. The first kappa shape index (κ1) is 9.35. The van der Waals surface area contributed by atoms with Crippen LogP contribution in [0.15, 0.2) is 24.5 Å². The van der Waals surface area contributed by atoms with Crippen LogP contribution in [0.2, 0.25) is 0 Å². The smallest absolute Gasteiger partial charge is 0.297 e. The first-order valence-corrected chi connectivity index (χ1v) is 4.11. The fourth-order valence-corrected chi connectivity index (χ4v) is 1.25. The Morgan fingerprint density at radius 2 is 2.20 bits per heavy atom. The lowest BCUT2D eigenvalue weighted by Gasteiger charge is -2.03. The molecule has 0 aliphatic carbocycles. The van der Waals surface area contributed by atoms with Crippen LogP contribution in [0.4, 0.5) is 0 Å². The van der Waals surface area contributed by atoms with Crippen molar-refractivity contribution in [2.45, 2.75) is 0 Å². The summed E-state index contributed by atoms with van der Waals surface area (Å²) in [5.41, 5.74) is 1.41. The normalized spacial score (nSPS) is 10.2. The van der Waals surface area contributed by atoms with Gasteiger partial charge in [0.25, 0.3) is 5.91 Å². The minimum absolute atomic E-state index is 0.260. The second kappa shape index (κ2) is 3.50. The number of aromatic hydroxyl groups is 1. The van der Waals surface area contributed by atoms with E-state index in [4.69, 9.17) is 5.21 Å². The van der Waals surface area contributed by atoms with Crippen molar-refractivity contribution < 1.29 is 15.1 Å². The lowest BCUT2D eigenvalue weighted by atomic mass is 10.2. The number of hydrogen-bond acceptors (Lipinski definition) is 5. The van der Waals surface area contributed by atoms with Crippen molar-refractivity contribution in [3.63, 3.8) is 0 Å². The van der Waals surface area contributed by atoms with E-state index >= 15 is 0 Å². The maximum absolute atomic E-state index is 11.1. The Bertz CT molecular complexity index is 527. The molecule has 0 saturated heterocycles. The molecule has 2 rings (SSSR count). The highest BCUT2D eigenvalue weighted by Gasteiger charge is 2.15. The third kappa shape index (κ3) is 1.46. The molecule has 6 nitrogen and oxygen atoms in total. The Kier molecular flexibility index (Phi) is 2.18. The van der Waals surface area contributed by atoms with Crippen LogP contribution in [-0.4, -0.2) is 26.2 Å². The molecule has 76 valence electrons. The van der Waals surface area contributed by atoms with Crippen LogP contribution in [0.5, 0.6) is 5.75 Å². The minimum Gasteiger partial charge on any atom is -0.504 e. The summed E-state index contributed by atoms with van der Waals surface area (Å²) in [5, 5.41) is 18.7. The Morgan fingerprint density at radius 1 is 1.40 bits per heavy atom. The molecule has 0 atom stereocenters. The largest absolute Gasteiger partial charge is 0.504 e. The molecular weight excluding hydrogens is 198 g/mol. The van der Waals surface area contributed by atoms with Gasteiger partial charge in [0.2, 0.25) is 0 Å². The number of hydrogen-bond donors (Lipinski definition) is 3. The first-order chi connectivity index (χ1) is 7.24. The van der Waals surface area contributed by atoms with Crippen LogP contribution in [0.25, 0.3) is 10.9 Å².